The van der Waals surface area contributed by atoms with E-state index < -0.39 is 5.82 Å². The number of benzene rings is 1. The highest BCUT2D eigenvalue weighted by atomic mass is 32.1. The minimum Gasteiger partial charge on any atom is -0.485 e. The quantitative estimate of drug-likeness (QED) is 0.767. The predicted octanol–water partition coefficient (Wildman–Crippen LogP) is 3.84. The maximum atomic E-state index is 13.5. The molecule has 0 saturated heterocycles. The van der Waals surface area contributed by atoms with E-state index in [1.807, 2.05) is 6.07 Å². The molecule has 0 radical (unpaired) electrons. The Morgan fingerprint density at radius 2 is 2.06 bits per heavy atom. The van der Waals surface area contributed by atoms with Crippen LogP contribution in [0, 0.1) is 5.82 Å². The molecular formula is C14H13FO2S. The van der Waals surface area contributed by atoms with E-state index >= 15 is 0 Å². The molecule has 0 N–H and O–H groups in total. The summed E-state index contributed by atoms with van der Waals surface area (Å²) in [7, 11) is 0. The molecule has 0 saturated carbocycles. The Morgan fingerprint density at radius 1 is 1.28 bits per heavy atom. The molecule has 1 heterocycles. The van der Waals surface area contributed by atoms with Gasteiger partial charge in [-0.05, 0) is 36.8 Å². The van der Waals surface area contributed by atoms with Gasteiger partial charge in [-0.3, -0.25) is 4.79 Å². The lowest BCUT2D eigenvalue weighted by Gasteiger charge is -2.05. The Hall–Kier alpha value is -1.68. The summed E-state index contributed by atoms with van der Waals surface area (Å²) >= 11 is 1.66. The molecule has 0 aliphatic heterocycles. The van der Waals surface area contributed by atoms with Crippen LogP contribution >= 0.6 is 11.3 Å². The summed E-state index contributed by atoms with van der Waals surface area (Å²) in [6.07, 6.45) is 1.60. The fourth-order valence-corrected chi connectivity index (χ4v) is 2.42. The van der Waals surface area contributed by atoms with Gasteiger partial charge in [-0.1, -0.05) is 6.92 Å². The molecule has 2 nitrogen and oxygen atoms in total. The summed E-state index contributed by atoms with van der Waals surface area (Å²) in [5.41, 5.74) is 0.309. The molecule has 0 aliphatic rings. The molecule has 0 atom stereocenters. The third-order valence-corrected chi connectivity index (χ3v) is 3.73. The number of halogens is 1. The SMILES string of the molecule is CCc1ccc(COc2ccc(C=O)cc2F)s1. The molecule has 0 fully saturated rings. The van der Waals surface area contributed by atoms with E-state index in [4.69, 9.17) is 4.74 Å². The standard InChI is InChI=1S/C14H13FO2S/c1-2-11-4-5-12(18-11)9-17-14-6-3-10(8-16)7-13(14)15/h3-8H,2,9H2,1H3. The summed E-state index contributed by atoms with van der Waals surface area (Å²) in [6, 6.07) is 8.23. The van der Waals surface area contributed by atoms with Gasteiger partial charge in [0.05, 0.1) is 0 Å². The van der Waals surface area contributed by atoms with Crippen LogP contribution in [0.15, 0.2) is 30.3 Å². The lowest BCUT2D eigenvalue weighted by atomic mass is 10.2. The second kappa shape index (κ2) is 5.78. The van der Waals surface area contributed by atoms with Crippen LogP contribution in [0.3, 0.4) is 0 Å². The zero-order valence-corrected chi connectivity index (χ0v) is 10.8. The van der Waals surface area contributed by atoms with Crippen molar-refractivity contribution in [1.82, 2.24) is 0 Å². The van der Waals surface area contributed by atoms with E-state index in [9.17, 15) is 9.18 Å². The topological polar surface area (TPSA) is 26.3 Å². The number of aryl methyl sites for hydroxylation is 1. The summed E-state index contributed by atoms with van der Waals surface area (Å²) in [4.78, 5) is 12.8. The van der Waals surface area contributed by atoms with Crippen LogP contribution in [-0.4, -0.2) is 6.29 Å². The molecule has 0 amide bonds. The average molecular weight is 264 g/mol. The second-order valence-electron chi connectivity index (χ2n) is 3.82. The Morgan fingerprint density at radius 3 is 2.67 bits per heavy atom. The van der Waals surface area contributed by atoms with Gasteiger partial charge in [-0.15, -0.1) is 11.3 Å². The van der Waals surface area contributed by atoms with Gasteiger partial charge in [0.2, 0.25) is 0 Å². The third kappa shape index (κ3) is 2.96. The van der Waals surface area contributed by atoms with E-state index in [2.05, 4.69) is 13.0 Å². The zero-order valence-electron chi connectivity index (χ0n) is 9.98. The monoisotopic (exact) mass is 264 g/mol. The van der Waals surface area contributed by atoms with Crippen molar-refractivity contribution < 1.29 is 13.9 Å². The average Bonchev–Trinajstić information content (AvgIpc) is 2.85. The number of ether oxygens (including phenoxy) is 1. The van der Waals surface area contributed by atoms with E-state index in [0.29, 0.717) is 18.5 Å². The Bertz CT molecular complexity index is 548. The van der Waals surface area contributed by atoms with Crippen LogP contribution in [0.4, 0.5) is 4.39 Å². The predicted molar refractivity (Wildman–Crippen MR) is 69.8 cm³/mol. The first kappa shape index (κ1) is 12.8. The second-order valence-corrected chi connectivity index (χ2v) is 5.07. The van der Waals surface area contributed by atoms with Crippen molar-refractivity contribution in [3.63, 3.8) is 0 Å². The van der Waals surface area contributed by atoms with Gasteiger partial charge in [-0.25, -0.2) is 4.39 Å². The molecule has 0 unspecified atom stereocenters. The highest BCUT2D eigenvalue weighted by Crippen LogP contribution is 2.22. The van der Waals surface area contributed by atoms with Crippen molar-refractivity contribution in [3.05, 3.63) is 51.5 Å². The van der Waals surface area contributed by atoms with E-state index in [0.717, 1.165) is 11.3 Å². The van der Waals surface area contributed by atoms with Gasteiger partial charge in [0.25, 0.3) is 0 Å². The lowest BCUT2D eigenvalue weighted by Crippen LogP contribution is -1.96. The molecule has 2 aromatic rings. The summed E-state index contributed by atoms with van der Waals surface area (Å²) in [6.45, 7) is 2.44. The molecule has 0 aliphatic carbocycles. The Balaban J connectivity index is 2.03. The maximum absolute atomic E-state index is 13.5. The minimum atomic E-state index is -0.508. The lowest BCUT2D eigenvalue weighted by molar-refractivity contribution is 0.112. The highest BCUT2D eigenvalue weighted by Gasteiger charge is 2.06. The largest absolute Gasteiger partial charge is 0.485 e. The van der Waals surface area contributed by atoms with Crippen molar-refractivity contribution >= 4 is 17.6 Å². The number of hydrogen-bond acceptors (Lipinski definition) is 3. The van der Waals surface area contributed by atoms with Crippen LogP contribution in [0.5, 0.6) is 5.75 Å². The summed E-state index contributed by atoms with van der Waals surface area (Å²) < 4.78 is 18.9. The molecule has 1 aromatic heterocycles. The number of thiophene rings is 1. The summed E-state index contributed by atoms with van der Waals surface area (Å²) in [5, 5.41) is 0. The Labute approximate surface area is 109 Å². The van der Waals surface area contributed by atoms with Crippen molar-refractivity contribution in [1.29, 1.82) is 0 Å². The highest BCUT2D eigenvalue weighted by molar-refractivity contribution is 7.11. The number of aldehydes is 1. The minimum absolute atomic E-state index is 0.173. The van der Waals surface area contributed by atoms with Gasteiger partial charge in [0.15, 0.2) is 11.6 Å². The van der Waals surface area contributed by atoms with Crippen molar-refractivity contribution in [2.45, 2.75) is 20.0 Å². The van der Waals surface area contributed by atoms with Crippen molar-refractivity contribution in [2.75, 3.05) is 0 Å². The van der Waals surface area contributed by atoms with Crippen LogP contribution in [0.1, 0.15) is 27.0 Å². The first-order valence-electron chi connectivity index (χ1n) is 5.68. The Kier molecular flexibility index (Phi) is 4.10. The molecule has 0 spiro atoms. The number of carbonyl (C=O) groups is 1. The molecular weight excluding hydrogens is 251 g/mol. The van der Waals surface area contributed by atoms with Crippen LogP contribution in [-0.2, 0) is 13.0 Å². The number of hydrogen-bond donors (Lipinski definition) is 0. The van der Waals surface area contributed by atoms with Gasteiger partial charge in [-0.2, -0.15) is 0 Å². The first-order chi connectivity index (χ1) is 8.72. The van der Waals surface area contributed by atoms with Gasteiger partial charge in [0, 0.05) is 15.3 Å². The molecule has 0 bridgehead atoms. The van der Waals surface area contributed by atoms with Gasteiger partial charge >= 0.3 is 0 Å². The van der Waals surface area contributed by atoms with Gasteiger partial charge < -0.3 is 4.74 Å². The molecule has 94 valence electrons. The third-order valence-electron chi connectivity index (χ3n) is 2.53. The molecule has 18 heavy (non-hydrogen) atoms. The first-order valence-corrected chi connectivity index (χ1v) is 6.49. The summed E-state index contributed by atoms with van der Waals surface area (Å²) in [5.74, 6) is -0.334. The molecule has 4 heteroatoms. The van der Waals surface area contributed by atoms with Gasteiger partial charge in [0.1, 0.15) is 12.9 Å². The number of carbonyl (C=O) groups excluding carboxylic acids is 1. The van der Waals surface area contributed by atoms with Crippen molar-refractivity contribution in [3.8, 4) is 5.75 Å². The zero-order chi connectivity index (χ0) is 13.0. The van der Waals surface area contributed by atoms with Crippen molar-refractivity contribution in [2.24, 2.45) is 0 Å². The molecule has 1 aromatic carbocycles. The van der Waals surface area contributed by atoms with Crippen LogP contribution < -0.4 is 4.74 Å². The van der Waals surface area contributed by atoms with Crippen LogP contribution in [0.25, 0.3) is 0 Å². The number of rotatable bonds is 5. The van der Waals surface area contributed by atoms with E-state index in [-0.39, 0.29) is 5.75 Å². The smallest absolute Gasteiger partial charge is 0.165 e. The van der Waals surface area contributed by atoms with E-state index in [1.165, 1.54) is 23.1 Å². The fraction of sp³-hybridized carbons (Fsp3) is 0.214. The molecule has 2 rings (SSSR count). The fourth-order valence-electron chi connectivity index (χ4n) is 1.55. The maximum Gasteiger partial charge on any atom is 0.165 e. The van der Waals surface area contributed by atoms with E-state index in [1.54, 1.807) is 11.3 Å². The van der Waals surface area contributed by atoms with Crippen LogP contribution in [0.2, 0.25) is 0 Å². The normalized spacial score (nSPS) is 10.3.